The standard InChI is InChI=1S/C16H25N3O/c1-2-11-3-5-12(6-4-11)10-19-15-9-13(16(18)20)7-8-14(15)17/h7-9,11-12,19H,2-6,10,17H2,1H3,(H2,18,20). The molecular weight excluding hydrogens is 250 g/mol. The molecule has 1 fully saturated rings. The average molecular weight is 275 g/mol. The first kappa shape index (κ1) is 14.7. The van der Waals surface area contributed by atoms with E-state index in [2.05, 4.69) is 12.2 Å². The van der Waals surface area contributed by atoms with Crippen LogP contribution in [0.3, 0.4) is 0 Å². The summed E-state index contributed by atoms with van der Waals surface area (Å²) in [6.07, 6.45) is 6.52. The Balaban J connectivity index is 1.91. The molecule has 1 aliphatic rings. The average Bonchev–Trinajstić information content (AvgIpc) is 2.46. The van der Waals surface area contributed by atoms with Crippen LogP contribution in [-0.2, 0) is 0 Å². The molecule has 0 unspecified atom stereocenters. The predicted molar refractivity (Wildman–Crippen MR) is 83.6 cm³/mol. The highest BCUT2D eigenvalue weighted by Crippen LogP contribution is 2.31. The zero-order valence-corrected chi connectivity index (χ0v) is 12.2. The van der Waals surface area contributed by atoms with E-state index in [0.29, 0.717) is 17.2 Å². The summed E-state index contributed by atoms with van der Waals surface area (Å²) in [5.41, 5.74) is 13.2. The molecule has 5 N–H and O–H groups in total. The zero-order chi connectivity index (χ0) is 14.5. The van der Waals surface area contributed by atoms with Crippen molar-refractivity contribution in [2.45, 2.75) is 39.0 Å². The van der Waals surface area contributed by atoms with Crippen LogP contribution >= 0.6 is 0 Å². The number of rotatable bonds is 5. The number of benzene rings is 1. The monoisotopic (exact) mass is 275 g/mol. The number of hydrogen-bond acceptors (Lipinski definition) is 3. The molecule has 0 aromatic heterocycles. The summed E-state index contributed by atoms with van der Waals surface area (Å²) in [5.74, 6) is 1.19. The van der Waals surface area contributed by atoms with E-state index in [1.54, 1.807) is 18.2 Å². The number of anilines is 2. The molecule has 1 aliphatic carbocycles. The van der Waals surface area contributed by atoms with Gasteiger partial charge in [0.2, 0.25) is 5.91 Å². The lowest BCUT2D eigenvalue weighted by molar-refractivity contribution is 0.100. The number of nitrogens with one attached hydrogen (secondary N) is 1. The van der Waals surface area contributed by atoms with Crippen molar-refractivity contribution in [2.24, 2.45) is 17.6 Å². The van der Waals surface area contributed by atoms with Crippen LogP contribution in [0.5, 0.6) is 0 Å². The highest BCUT2D eigenvalue weighted by Gasteiger charge is 2.19. The smallest absolute Gasteiger partial charge is 0.248 e. The number of nitrogens with two attached hydrogens (primary N) is 2. The van der Waals surface area contributed by atoms with Crippen LogP contribution in [0.25, 0.3) is 0 Å². The fourth-order valence-corrected chi connectivity index (χ4v) is 2.96. The molecule has 2 rings (SSSR count). The summed E-state index contributed by atoms with van der Waals surface area (Å²) in [5, 5.41) is 3.38. The van der Waals surface area contributed by atoms with E-state index >= 15 is 0 Å². The summed E-state index contributed by atoms with van der Waals surface area (Å²) in [6.45, 7) is 3.20. The van der Waals surface area contributed by atoms with Crippen LogP contribution in [0.2, 0.25) is 0 Å². The number of hydrogen-bond donors (Lipinski definition) is 3. The molecule has 0 bridgehead atoms. The highest BCUT2D eigenvalue weighted by atomic mass is 16.1. The Bertz CT molecular complexity index is 465. The molecular formula is C16H25N3O. The first-order valence-electron chi connectivity index (χ1n) is 7.53. The minimum atomic E-state index is -0.420. The molecule has 1 saturated carbocycles. The lowest BCUT2D eigenvalue weighted by Crippen LogP contribution is -2.21. The Morgan fingerprint density at radius 3 is 2.50 bits per heavy atom. The minimum absolute atomic E-state index is 0.420. The third kappa shape index (κ3) is 3.65. The predicted octanol–water partition coefficient (Wildman–Crippen LogP) is 3.00. The van der Waals surface area contributed by atoms with E-state index in [1.807, 2.05) is 0 Å². The lowest BCUT2D eigenvalue weighted by Gasteiger charge is -2.28. The van der Waals surface area contributed by atoms with Gasteiger partial charge in [-0.1, -0.05) is 26.2 Å². The lowest BCUT2D eigenvalue weighted by atomic mass is 9.81. The van der Waals surface area contributed by atoms with Gasteiger partial charge < -0.3 is 16.8 Å². The molecule has 1 aromatic carbocycles. The van der Waals surface area contributed by atoms with Crippen LogP contribution in [0.1, 0.15) is 49.4 Å². The highest BCUT2D eigenvalue weighted by molar-refractivity contribution is 5.94. The first-order valence-corrected chi connectivity index (χ1v) is 7.53. The largest absolute Gasteiger partial charge is 0.397 e. The van der Waals surface area contributed by atoms with Crippen molar-refractivity contribution < 1.29 is 4.79 Å². The number of carbonyl (C=O) groups is 1. The first-order chi connectivity index (χ1) is 9.60. The molecule has 20 heavy (non-hydrogen) atoms. The topological polar surface area (TPSA) is 81.1 Å². The summed E-state index contributed by atoms with van der Waals surface area (Å²) in [6, 6.07) is 5.14. The summed E-state index contributed by atoms with van der Waals surface area (Å²) >= 11 is 0. The molecule has 0 saturated heterocycles. The van der Waals surface area contributed by atoms with Crippen molar-refractivity contribution in [1.29, 1.82) is 0 Å². The van der Waals surface area contributed by atoms with Crippen molar-refractivity contribution in [3.05, 3.63) is 23.8 Å². The van der Waals surface area contributed by atoms with Gasteiger partial charge in [0, 0.05) is 12.1 Å². The van der Waals surface area contributed by atoms with Gasteiger partial charge in [0.05, 0.1) is 11.4 Å². The molecule has 1 amide bonds. The van der Waals surface area contributed by atoms with Gasteiger partial charge >= 0.3 is 0 Å². The van der Waals surface area contributed by atoms with Crippen LogP contribution in [0.4, 0.5) is 11.4 Å². The SMILES string of the molecule is CCC1CCC(CNc2cc(C(N)=O)ccc2N)CC1. The Kier molecular flexibility index (Phi) is 4.88. The number of amides is 1. The van der Waals surface area contributed by atoms with Crippen molar-refractivity contribution in [2.75, 3.05) is 17.6 Å². The van der Waals surface area contributed by atoms with Gasteiger partial charge in [-0.25, -0.2) is 0 Å². The van der Waals surface area contributed by atoms with E-state index in [9.17, 15) is 4.79 Å². The van der Waals surface area contributed by atoms with Crippen LogP contribution < -0.4 is 16.8 Å². The van der Waals surface area contributed by atoms with Gasteiger partial charge in [0.1, 0.15) is 0 Å². The van der Waals surface area contributed by atoms with Crippen molar-refractivity contribution in [3.63, 3.8) is 0 Å². The molecule has 110 valence electrons. The normalized spacial score (nSPS) is 22.4. The number of carbonyl (C=O) groups excluding carboxylic acids is 1. The molecule has 0 atom stereocenters. The number of primary amides is 1. The van der Waals surface area contributed by atoms with Gasteiger partial charge in [-0.3, -0.25) is 4.79 Å². The number of nitrogen functional groups attached to an aromatic ring is 1. The zero-order valence-electron chi connectivity index (χ0n) is 12.2. The Hall–Kier alpha value is -1.71. The second-order valence-corrected chi connectivity index (χ2v) is 5.84. The van der Waals surface area contributed by atoms with E-state index in [-0.39, 0.29) is 0 Å². The van der Waals surface area contributed by atoms with Crippen molar-refractivity contribution >= 4 is 17.3 Å². The molecule has 0 radical (unpaired) electrons. The Morgan fingerprint density at radius 1 is 1.25 bits per heavy atom. The quantitative estimate of drug-likeness (QED) is 0.722. The van der Waals surface area contributed by atoms with Crippen molar-refractivity contribution in [3.8, 4) is 0 Å². The third-order valence-electron chi connectivity index (χ3n) is 4.46. The van der Waals surface area contributed by atoms with Gasteiger partial charge in [0.15, 0.2) is 0 Å². The Morgan fingerprint density at radius 2 is 1.90 bits per heavy atom. The van der Waals surface area contributed by atoms with E-state index in [1.165, 1.54) is 32.1 Å². The van der Waals surface area contributed by atoms with Gasteiger partial charge in [-0.2, -0.15) is 0 Å². The van der Waals surface area contributed by atoms with Crippen LogP contribution in [-0.4, -0.2) is 12.5 Å². The maximum absolute atomic E-state index is 11.2. The summed E-state index contributed by atoms with van der Waals surface area (Å²) in [4.78, 5) is 11.2. The van der Waals surface area contributed by atoms with Crippen LogP contribution in [0.15, 0.2) is 18.2 Å². The fraction of sp³-hybridized carbons (Fsp3) is 0.562. The minimum Gasteiger partial charge on any atom is -0.397 e. The molecule has 0 aliphatic heterocycles. The molecule has 4 heteroatoms. The van der Waals surface area contributed by atoms with Gasteiger partial charge in [-0.15, -0.1) is 0 Å². The maximum Gasteiger partial charge on any atom is 0.248 e. The van der Waals surface area contributed by atoms with E-state index in [4.69, 9.17) is 11.5 Å². The second-order valence-electron chi connectivity index (χ2n) is 5.84. The second kappa shape index (κ2) is 6.64. The summed E-state index contributed by atoms with van der Waals surface area (Å²) in [7, 11) is 0. The third-order valence-corrected chi connectivity index (χ3v) is 4.46. The van der Waals surface area contributed by atoms with Crippen molar-refractivity contribution in [1.82, 2.24) is 0 Å². The van der Waals surface area contributed by atoms with E-state index in [0.717, 1.165) is 18.2 Å². The molecule has 4 nitrogen and oxygen atoms in total. The Labute approximate surface area is 120 Å². The van der Waals surface area contributed by atoms with Crippen LogP contribution in [0, 0.1) is 11.8 Å². The van der Waals surface area contributed by atoms with Gasteiger partial charge in [-0.05, 0) is 42.9 Å². The maximum atomic E-state index is 11.2. The van der Waals surface area contributed by atoms with E-state index < -0.39 is 5.91 Å². The molecule has 0 heterocycles. The molecule has 0 spiro atoms. The molecule has 1 aromatic rings. The van der Waals surface area contributed by atoms with Gasteiger partial charge in [0.25, 0.3) is 0 Å². The summed E-state index contributed by atoms with van der Waals surface area (Å²) < 4.78 is 0. The fourth-order valence-electron chi connectivity index (χ4n) is 2.96.